The highest BCUT2D eigenvalue weighted by Crippen LogP contribution is 2.27. The fourth-order valence-corrected chi connectivity index (χ4v) is 2.51. The Morgan fingerprint density at radius 2 is 2.40 bits per heavy atom. The summed E-state index contributed by atoms with van der Waals surface area (Å²) in [4.78, 5) is 22.1. The predicted molar refractivity (Wildman–Crippen MR) is 63.7 cm³/mol. The number of rotatable bonds is 3. The van der Waals surface area contributed by atoms with Crippen molar-refractivity contribution in [2.24, 2.45) is 5.92 Å². The highest BCUT2D eigenvalue weighted by atomic mass is 32.2. The molecule has 0 aromatic rings. The molecule has 3 nitrogen and oxygen atoms in total. The molecule has 5 heteroatoms. The number of methoxy groups -OCH3 is 1. The Morgan fingerprint density at radius 3 is 2.93 bits per heavy atom. The molecule has 1 rings (SSSR count). The average Bonchev–Trinajstić information content (AvgIpc) is 2.64. The van der Waals surface area contributed by atoms with Crippen molar-refractivity contribution < 1.29 is 14.3 Å². The van der Waals surface area contributed by atoms with Gasteiger partial charge in [-0.05, 0) is 18.2 Å². The molecule has 0 spiro atoms. The van der Waals surface area contributed by atoms with Crippen molar-refractivity contribution in [2.45, 2.75) is 19.3 Å². The van der Waals surface area contributed by atoms with E-state index in [2.05, 4.69) is 4.74 Å². The van der Waals surface area contributed by atoms with Crippen molar-refractivity contribution in [3.63, 3.8) is 0 Å². The number of thioether (sulfide) groups is 1. The molecule has 0 aromatic carbocycles. The molecule has 1 unspecified atom stereocenters. The maximum Gasteiger partial charge on any atom is 0.330 e. The summed E-state index contributed by atoms with van der Waals surface area (Å²) in [6.07, 6.45) is 3.70. The Hall–Kier alpha value is -0.680. The summed E-state index contributed by atoms with van der Waals surface area (Å²) in [7, 11) is 1.32. The molecule has 0 heterocycles. The Bertz CT molecular complexity index is 310. The van der Waals surface area contributed by atoms with Crippen LogP contribution in [0.15, 0.2) is 11.5 Å². The van der Waals surface area contributed by atoms with Crippen LogP contribution in [0.2, 0.25) is 0 Å². The molecule has 0 aliphatic heterocycles. The van der Waals surface area contributed by atoms with Gasteiger partial charge in [0, 0.05) is 12.5 Å². The van der Waals surface area contributed by atoms with E-state index in [1.54, 1.807) is 5.41 Å². The van der Waals surface area contributed by atoms with E-state index in [4.69, 9.17) is 12.2 Å². The molecule has 1 atom stereocenters. The van der Waals surface area contributed by atoms with Gasteiger partial charge in [0.15, 0.2) is 0 Å². The molecule has 0 bridgehead atoms. The third kappa shape index (κ3) is 3.76. The molecular weight excluding hydrogens is 232 g/mol. The van der Waals surface area contributed by atoms with Crippen molar-refractivity contribution in [2.75, 3.05) is 7.11 Å². The molecule has 1 fully saturated rings. The van der Waals surface area contributed by atoms with E-state index in [-0.39, 0.29) is 11.7 Å². The highest BCUT2D eigenvalue weighted by molar-refractivity contribution is 8.25. The van der Waals surface area contributed by atoms with E-state index in [1.807, 2.05) is 0 Å². The SMILES string of the molecule is COC(=O)C=CSC(=S)C1CCCC1=O. The molecule has 82 valence electrons. The minimum absolute atomic E-state index is 0.104. The van der Waals surface area contributed by atoms with Gasteiger partial charge < -0.3 is 4.74 Å². The van der Waals surface area contributed by atoms with Gasteiger partial charge in [0.25, 0.3) is 0 Å². The van der Waals surface area contributed by atoms with Gasteiger partial charge in [-0.15, -0.1) is 0 Å². The van der Waals surface area contributed by atoms with Gasteiger partial charge in [-0.2, -0.15) is 0 Å². The van der Waals surface area contributed by atoms with Crippen LogP contribution in [0.3, 0.4) is 0 Å². The largest absolute Gasteiger partial charge is 0.466 e. The lowest BCUT2D eigenvalue weighted by Crippen LogP contribution is -2.13. The second-order valence-electron chi connectivity index (χ2n) is 3.17. The summed E-state index contributed by atoms with van der Waals surface area (Å²) in [5.41, 5.74) is 0. The summed E-state index contributed by atoms with van der Waals surface area (Å²) >= 11 is 6.37. The van der Waals surface area contributed by atoms with Gasteiger partial charge in [-0.3, -0.25) is 4.79 Å². The standard InChI is InChI=1S/C10H12O3S2/c1-13-9(12)5-6-15-10(14)7-3-2-4-8(7)11/h5-7H,2-4H2,1H3. The van der Waals surface area contributed by atoms with Gasteiger partial charge in [-0.1, -0.05) is 24.0 Å². The van der Waals surface area contributed by atoms with Crippen LogP contribution in [-0.4, -0.2) is 23.1 Å². The third-order valence-electron chi connectivity index (χ3n) is 2.18. The normalized spacial score (nSPS) is 20.9. The minimum Gasteiger partial charge on any atom is -0.466 e. The van der Waals surface area contributed by atoms with Crippen molar-refractivity contribution in [3.05, 3.63) is 11.5 Å². The lowest BCUT2D eigenvalue weighted by atomic mass is 10.1. The van der Waals surface area contributed by atoms with Crippen molar-refractivity contribution in [1.29, 1.82) is 0 Å². The second kappa shape index (κ2) is 6.02. The second-order valence-corrected chi connectivity index (χ2v) is 4.82. The molecule has 1 aliphatic carbocycles. The molecule has 1 saturated carbocycles. The van der Waals surface area contributed by atoms with Crippen LogP contribution < -0.4 is 0 Å². The van der Waals surface area contributed by atoms with E-state index in [0.717, 1.165) is 12.8 Å². The predicted octanol–water partition coefficient (Wildman–Crippen LogP) is 2.10. The maximum absolute atomic E-state index is 11.4. The zero-order valence-electron chi connectivity index (χ0n) is 8.39. The van der Waals surface area contributed by atoms with Crippen LogP contribution in [0.1, 0.15) is 19.3 Å². The molecule has 0 saturated heterocycles. The molecule has 1 aliphatic rings. The van der Waals surface area contributed by atoms with Crippen LogP contribution in [0.25, 0.3) is 0 Å². The van der Waals surface area contributed by atoms with Gasteiger partial charge in [0.1, 0.15) is 5.78 Å². The van der Waals surface area contributed by atoms with Crippen LogP contribution in [-0.2, 0) is 14.3 Å². The fraction of sp³-hybridized carbons (Fsp3) is 0.500. The number of carbonyl (C=O) groups is 2. The zero-order chi connectivity index (χ0) is 11.3. The number of thiocarbonyl (C=S) groups is 1. The topological polar surface area (TPSA) is 43.4 Å². The van der Waals surface area contributed by atoms with Gasteiger partial charge >= 0.3 is 5.97 Å². The zero-order valence-corrected chi connectivity index (χ0v) is 10.0. The summed E-state index contributed by atoms with van der Waals surface area (Å²) in [6.45, 7) is 0. The first kappa shape index (κ1) is 12.4. The lowest BCUT2D eigenvalue weighted by Gasteiger charge is -2.05. The van der Waals surface area contributed by atoms with E-state index < -0.39 is 5.97 Å². The van der Waals surface area contributed by atoms with Crippen LogP contribution >= 0.6 is 24.0 Å². The smallest absolute Gasteiger partial charge is 0.330 e. The lowest BCUT2D eigenvalue weighted by molar-refractivity contribution is -0.134. The highest BCUT2D eigenvalue weighted by Gasteiger charge is 2.27. The summed E-state index contributed by atoms with van der Waals surface area (Å²) < 4.78 is 5.08. The molecule has 15 heavy (non-hydrogen) atoms. The summed E-state index contributed by atoms with van der Waals surface area (Å²) in [5, 5.41) is 1.57. The number of ketones is 1. The molecular formula is C10H12O3S2. The van der Waals surface area contributed by atoms with Crippen LogP contribution in [0.5, 0.6) is 0 Å². The van der Waals surface area contributed by atoms with Gasteiger partial charge in [-0.25, -0.2) is 4.79 Å². The number of hydrogen-bond acceptors (Lipinski definition) is 5. The average molecular weight is 244 g/mol. The third-order valence-corrected chi connectivity index (χ3v) is 3.54. The Balaban J connectivity index is 2.39. The monoisotopic (exact) mass is 244 g/mol. The van der Waals surface area contributed by atoms with E-state index in [9.17, 15) is 9.59 Å². The number of carbonyl (C=O) groups excluding carboxylic acids is 2. The number of ether oxygens (including phenoxy) is 1. The summed E-state index contributed by atoms with van der Waals surface area (Å²) in [5.74, 6) is -0.297. The van der Waals surface area contributed by atoms with Crippen molar-refractivity contribution in [1.82, 2.24) is 0 Å². The van der Waals surface area contributed by atoms with Gasteiger partial charge in [0.2, 0.25) is 0 Å². The van der Waals surface area contributed by atoms with Gasteiger partial charge in [0.05, 0.1) is 17.2 Å². The van der Waals surface area contributed by atoms with Crippen LogP contribution in [0.4, 0.5) is 0 Å². The Kier molecular flexibility index (Phi) is 4.98. The first-order valence-electron chi connectivity index (χ1n) is 4.63. The molecule has 0 aromatic heterocycles. The van der Waals surface area contributed by atoms with E-state index in [0.29, 0.717) is 10.6 Å². The fourth-order valence-electron chi connectivity index (χ4n) is 1.37. The molecule has 0 radical (unpaired) electrons. The van der Waals surface area contributed by atoms with Crippen LogP contribution in [0, 0.1) is 5.92 Å². The Morgan fingerprint density at radius 1 is 1.67 bits per heavy atom. The number of Topliss-reactive ketones (excluding diaryl/α,β-unsaturated/α-hetero) is 1. The van der Waals surface area contributed by atoms with E-state index in [1.165, 1.54) is 24.9 Å². The summed E-state index contributed by atoms with van der Waals surface area (Å²) in [6, 6.07) is 0. The maximum atomic E-state index is 11.4. The molecule has 0 N–H and O–H groups in total. The quantitative estimate of drug-likeness (QED) is 0.432. The molecule has 0 amide bonds. The number of esters is 1. The van der Waals surface area contributed by atoms with Crippen molar-refractivity contribution in [3.8, 4) is 0 Å². The van der Waals surface area contributed by atoms with Crippen molar-refractivity contribution >= 4 is 39.9 Å². The Labute approximate surface area is 98.2 Å². The minimum atomic E-state index is -0.414. The first-order chi connectivity index (χ1) is 7.15. The first-order valence-corrected chi connectivity index (χ1v) is 5.91. The van der Waals surface area contributed by atoms with E-state index >= 15 is 0 Å². The number of hydrogen-bond donors (Lipinski definition) is 0.